The van der Waals surface area contributed by atoms with Gasteiger partial charge in [0.05, 0.1) is 0 Å². The average Bonchev–Trinajstić information content (AvgIpc) is 2.31. The quantitative estimate of drug-likeness (QED) is 0.636. The number of nitrogens with one attached hydrogen (secondary N) is 3. The summed E-state index contributed by atoms with van der Waals surface area (Å²) in [7, 11) is 4.64. The SMILES string of the molecule is CCC[NH-].CCC[NH-].CCC[NH-].[Cl][Ti+3]. The molecule has 0 amide bonds. The monoisotopic (exact) mass is 257 g/mol. The van der Waals surface area contributed by atoms with Crippen molar-refractivity contribution in [3.05, 3.63) is 17.2 Å². The average molecular weight is 258 g/mol. The van der Waals surface area contributed by atoms with E-state index in [0.29, 0.717) is 19.6 Å². The zero-order chi connectivity index (χ0) is 12.2. The fourth-order valence-electron chi connectivity index (χ4n) is 0. The molecule has 0 aromatic rings. The summed E-state index contributed by atoms with van der Waals surface area (Å²) < 4.78 is 0. The van der Waals surface area contributed by atoms with Gasteiger partial charge in [-0.1, -0.05) is 40.0 Å². The van der Waals surface area contributed by atoms with E-state index in [-0.39, 0.29) is 0 Å². The van der Waals surface area contributed by atoms with Crippen LogP contribution in [-0.2, 0) is 19.4 Å². The zero-order valence-electron chi connectivity index (χ0n) is 9.62. The molecular weight excluding hydrogens is 233 g/mol. The molecule has 0 radical (unpaired) electrons. The summed E-state index contributed by atoms with van der Waals surface area (Å²) >= 11 is 1.47. The normalized spacial score (nSPS) is 6.93. The van der Waals surface area contributed by atoms with Crippen LogP contribution in [0.15, 0.2) is 0 Å². The summed E-state index contributed by atoms with van der Waals surface area (Å²) in [6.07, 6.45) is 2.96. The van der Waals surface area contributed by atoms with Crippen LogP contribution in [0.4, 0.5) is 0 Å². The molecule has 14 heavy (non-hydrogen) atoms. The summed E-state index contributed by atoms with van der Waals surface area (Å²) in [5.41, 5.74) is 19.4. The Morgan fingerprint density at radius 2 is 0.786 bits per heavy atom. The van der Waals surface area contributed by atoms with Crippen molar-refractivity contribution < 1.29 is 19.4 Å². The van der Waals surface area contributed by atoms with Gasteiger partial charge in [0.15, 0.2) is 0 Å². The van der Waals surface area contributed by atoms with Crippen LogP contribution in [0.5, 0.6) is 0 Å². The Balaban J connectivity index is -0.0000000492. The molecule has 0 heterocycles. The van der Waals surface area contributed by atoms with Crippen molar-refractivity contribution in [1.29, 1.82) is 0 Å². The van der Waals surface area contributed by atoms with Gasteiger partial charge in [0, 0.05) is 0 Å². The van der Waals surface area contributed by atoms with Gasteiger partial charge in [-0.2, -0.15) is 19.6 Å². The van der Waals surface area contributed by atoms with Crippen molar-refractivity contribution in [1.82, 2.24) is 0 Å². The molecular formula is C9H24ClN3Ti. The summed E-state index contributed by atoms with van der Waals surface area (Å²) in [4.78, 5) is 0. The number of halogens is 1. The second-order valence-corrected chi connectivity index (χ2v) is 2.25. The maximum atomic E-state index is 6.45. The Morgan fingerprint density at radius 1 is 0.714 bits per heavy atom. The summed E-state index contributed by atoms with van der Waals surface area (Å²) in [5, 5.41) is 0. The predicted octanol–water partition coefficient (Wildman–Crippen LogP) is 5.03. The number of hydrogen-bond acceptors (Lipinski definition) is 0. The third-order valence-electron chi connectivity index (χ3n) is 0.750. The van der Waals surface area contributed by atoms with Crippen LogP contribution in [0.25, 0.3) is 17.2 Å². The van der Waals surface area contributed by atoms with E-state index in [0.717, 1.165) is 19.3 Å². The van der Waals surface area contributed by atoms with Crippen LogP contribution >= 0.6 is 9.30 Å². The van der Waals surface area contributed by atoms with E-state index in [9.17, 15) is 0 Å². The predicted molar refractivity (Wildman–Crippen MR) is 64.3 cm³/mol. The molecule has 0 aliphatic heterocycles. The minimum atomic E-state index is 0.569. The van der Waals surface area contributed by atoms with E-state index in [4.69, 9.17) is 17.2 Å². The Labute approximate surface area is 105 Å². The molecule has 0 saturated carbocycles. The van der Waals surface area contributed by atoms with E-state index >= 15 is 0 Å². The van der Waals surface area contributed by atoms with Crippen molar-refractivity contribution in [2.45, 2.75) is 40.0 Å². The molecule has 0 saturated heterocycles. The van der Waals surface area contributed by atoms with Crippen LogP contribution < -0.4 is 0 Å². The van der Waals surface area contributed by atoms with Crippen molar-refractivity contribution >= 4 is 9.30 Å². The van der Waals surface area contributed by atoms with Gasteiger partial charge < -0.3 is 17.2 Å². The van der Waals surface area contributed by atoms with Crippen LogP contribution in [0.2, 0.25) is 0 Å². The Morgan fingerprint density at radius 3 is 0.786 bits per heavy atom. The van der Waals surface area contributed by atoms with Gasteiger partial charge >= 0.3 is 28.7 Å². The Bertz CT molecular complexity index is 35.5. The first-order valence-electron chi connectivity index (χ1n) is 4.87. The first kappa shape index (κ1) is 24.2. The maximum absolute atomic E-state index is 6.45. The standard InChI is InChI=1S/3C3H8N.ClH.Ti/c3*1-2-3-4;;/h3*4H,2-3H2,1H3;1H;/q3*-1;;+4/p-1. The van der Waals surface area contributed by atoms with E-state index < -0.39 is 0 Å². The van der Waals surface area contributed by atoms with E-state index in [1.807, 2.05) is 20.8 Å². The molecule has 86 valence electrons. The summed E-state index contributed by atoms with van der Waals surface area (Å²) in [6, 6.07) is 0. The van der Waals surface area contributed by atoms with Gasteiger partial charge in [-0.3, -0.25) is 0 Å². The molecule has 0 rings (SSSR count). The van der Waals surface area contributed by atoms with Gasteiger partial charge in [0.25, 0.3) is 0 Å². The topological polar surface area (TPSA) is 71.4 Å². The molecule has 0 atom stereocenters. The van der Waals surface area contributed by atoms with E-state index in [1.54, 1.807) is 0 Å². The molecule has 3 nitrogen and oxygen atoms in total. The van der Waals surface area contributed by atoms with Gasteiger partial charge in [-0.15, -0.1) is 0 Å². The molecule has 0 aromatic carbocycles. The molecule has 0 aliphatic carbocycles. The van der Waals surface area contributed by atoms with Crippen molar-refractivity contribution in [3.63, 3.8) is 0 Å². The molecule has 0 unspecified atom stereocenters. The van der Waals surface area contributed by atoms with Gasteiger partial charge in [0.1, 0.15) is 0 Å². The van der Waals surface area contributed by atoms with Crippen molar-refractivity contribution in [3.8, 4) is 0 Å². The zero-order valence-corrected chi connectivity index (χ0v) is 11.9. The van der Waals surface area contributed by atoms with Gasteiger partial charge in [0.2, 0.25) is 0 Å². The second kappa shape index (κ2) is 48.6. The van der Waals surface area contributed by atoms with Gasteiger partial charge in [-0.05, 0) is 0 Å². The van der Waals surface area contributed by atoms with Crippen LogP contribution in [0.3, 0.4) is 0 Å². The molecule has 0 aromatic heterocycles. The summed E-state index contributed by atoms with van der Waals surface area (Å²) in [5.74, 6) is 0. The van der Waals surface area contributed by atoms with Crippen molar-refractivity contribution in [2.24, 2.45) is 0 Å². The first-order valence-corrected chi connectivity index (χ1v) is 7.02. The molecule has 0 fully saturated rings. The molecule has 0 aliphatic rings. The fraction of sp³-hybridized carbons (Fsp3) is 1.00. The van der Waals surface area contributed by atoms with Crippen LogP contribution in [0.1, 0.15) is 40.0 Å². The first-order chi connectivity index (χ1) is 6.74. The van der Waals surface area contributed by atoms with Crippen molar-refractivity contribution in [2.75, 3.05) is 19.6 Å². The van der Waals surface area contributed by atoms with Crippen LogP contribution in [0, 0.1) is 0 Å². The molecule has 0 bridgehead atoms. The third-order valence-corrected chi connectivity index (χ3v) is 0.750. The minimum absolute atomic E-state index is 0.569. The summed E-state index contributed by atoms with van der Waals surface area (Å²) in [6.45, 7) is 7.69. The Kier molecular flexibility index (Phi) is 84.1. The van der Waals surface area contributed by atoms with Gasteiger partial charge in [-0.25, -0.2) is 0 Å². The molecule has 0 spiro atoms. The molecule has 3 N–H and O–H groups in total. The van der Waals surface area contributed by atoms with E-state index in [1.165, 1.54) is 19.4 Å². The Hall–Kier alpha value is 0.884. The van der Waals surface area contributed by atoms with Crippen LogP contribution in [-0.4, -0.2) is 19.6 Å². The van der Waals surface area contributed by atoms with E-state index in [2.05, 4.69) is 9.30 Å². The number of rotatable bonds is 3. The number of hydrogen-bond donors (Lipinski definition) is 0. The third kappa shape index (κ3) is 121. The fourth-order valence-corrected chi connectivity index (χ4v) is 0. The molecule has 5 heteroatoms. The second-order valence-electron chi connectivity index (χ2n) is 2.25.